The fourth-order valence-corrected chi connectivity index (χ4v) is 4.59. The van der Waals surface area contributed by atoms with Gasteiger partial charge in [-0.25, -0.2) is 4.39 Å². The van der Waals surface area contributed by atoms with E-state index in [1.807, 2.05) is 6.07 Å². The van der Waals surface area contributed by atoms with Crippen LogP contribution in [0.5, 0.6) is 0 Å². The minimum atomic E-state index is -0.0640. The Hall–Kier alpha value is -1.89. The average molecular weight is 334 g/mol. The predicted octanol–water partition coefficient (Wildman–Crippen LogP) is 6.69. The monoisotopic (exact) mass is 334 g/mol. The SMILES string of the molecule is CCC1CCC(c2ccc(C3=CCc4c(F)cccc4C3)cc2)CC1. The third kappa shape index (κ3) is 3.42. The molecule has 0 radical (unpaired) electrons. The van der Waals surface area contributed by atoms with Crippen LogP contribution in [0.15, 0.2) is 48.5 Å². The Morgan fingerprint density at radius 2 is 1.72 bits per heavy atom. The molecule has 1 heteroatoms. The lowest BCUT2D eigenvalue weighted by Crippen LogP contribution is -2.12. The van der Waals surface area contributed by atoms with Crippen LogP contribution in [-0.2, 0) is 12.8 Å². The van der Waals surface area contributed by atoms with Crippen molar-refractivity contribution >= 4 is 5.57 Å². The van der Waals surface area contributed by atoms with Crippen LogP contribution in [0.2, 0.25) is 0 Å². The Morgan fingerprint density at radius 1 is 0.960 bits per heavy atom. The summed E-state index contributed by atoms with van der Waals surface area (Å²) in [6.45, 7) is 2.32. The van der Waals surface area contributed by atoms with Gasteiger partial charge in [0, 0.05) is 0 Å². The van der Waals surface area contributed by atoms with Gasteiger partial charge in [-0.05, 0) is 84.3 Å². The Balaban J connectivity index is 1.47. The van der Waals surface area contributed by atoms with Gasteiger partial charge in [0.25, 0.3) is 0 Å². The number of rotatable bonds is 3. The lowest BCUT2D eigenvalue weighted by atomic mass is 9.77. The maximum atomic E-state index is 13.9. The van der Waals surface area contributed by atoms with Gasteiger partial charge in [-0.2, -0.15) is 0 Å². The average Bonchev–Trinajstić information content (AvgIpc) is 2.68. The first kappa shape index (κ1) is 16.6. The molecular formula is C24H27F. The Kier molecular flexibility index (Phi) is 4.74. The zero-order chi connectivity index (χ0) is 17.2. The molecular weight excluding hydrogens is 307 g/mol. The summed E-state index contributed by atoms with van der Waals surface area (Å²) in [4.78, 5) is 0. The van der Waals surface area contributed by atoms with Crippen LogP contribution < -0.4 is 0 Å². The molecule has 0 saturated heterocycles. The Bertz CT molecular complexity index is 761. The second kappa shape index (κ2) is 7.15. The van der Waals surface area contributed by atoms with Gasteiger partial charge in [-0.1, -0.05) is 55.8 Å². The van der Waals surface area contributed by atoms with E-state index in [2.05, 4.69) is 43.3 Å². The summed E-state index contributed by atoms with van der Waals surface area (Å²) in [6, 6.07) is 14.7. The van der Waals surface area contributed by atoms with Gasteiger partial charge in [0.15, 0.2) is 0 Å². The molecule has 0 nitrogen and oxygen atoms in total. The molecule has 0 N–H and O–H groups in total. The van der Waals surface area contributed by atoms with Crippen LogP contribution in [0.25, 0.3) is 5.57 Å². The molecule has 2 aromatic rings. The third-order valence-corrected chi connectivity index (χ3v) is 6.33. The molecule has 0 aliphatic heterocycles. The Morgan fingerprint density at radius 3 is 2.44 bits per heavy atom. The van der Waals surface area contributed by atoms with E-state index in [1.54, 1.807) is 6.07 Å². The topological polar surface area (TPSA) is 0 Å². The van der Waals surface area contributed by atoms with E-state index in [9.17, 15) is 4.39 Å². The maximum Gasteiger partial charge on any atom is 0.126 e. The highest BCUT2D eigenvalue weighted by molar-refractivity contribution is 5.70. The smallest absolute Gasteiger partial charge is 0.126 e. The van der Waals surface area contributed by atoms with Crippen molar-refractivity contribution < 1.29 is 4.39 Å². The van der Waals surface area contributed by atoms with Crippen LogP contribution in [0, 0.1) is 11.7 Å². The third-order valence-electron chi connectivity index (χ3n) is 6.33. The highest BCUT2D eigenvalue weighted by Crippen LogP contribution is 2.37. The van der Waals surface area contributed by atoms with Crippen molar-refractivity contribution in [3.8, 4) is 0 Å². The zero-order valence-corrected chi connectivity index (χ0v) is 15.1. The molecule has 2 aliphatic carbocycles. The van der Waals surface area contributed by atoms with Crippen molar-refractivity contribution in [2.75, 3.05) is 0 Å². The molecule has 1 fully saturated rings. The van der Waals surface area contributed by atoms with Crippen molar-refractivity contribution in [1.82, 2.24) is 0 Å². The van der Waals surface area contributed by atoms with Crippen LogP contribution in [0.3, 0.4) is 0 Å². The first-order valence-corrected chi connectivity index (χ1v) is 9.80. The standard InChI is InChI=1S/C24H27F/c1-2-17-6-8-18(9-7-17)19-10-12-20(13-11-19)21-14-15-23-22(16-21)4-3-5-24(23)25/h3-5,10-14,17-18H,2,6-9,15-16H2,1H3. The van der Waals surface area contributed by atoms with E-state index in [4.69, 9.17) is 0 Å². The van der Waals surface area contributed by atoms with Crippen molar-refractivity contribution in [1.29, 1.82) is 0 Å². The van der Waals surface area contributed by atoms with Gasteiger partial charge >= 0.3 is 0 Å². The van der Waals surface area contributed by atoms with Crippen molar-refractivity contribution in [3.05, 3.63) is 76.6 Å². The first-order chi connectivity index (χ1) is 12.2. The molecule has 0 bridgehead atoms. The molecule has 0 atom stereocenters. The molecule has 2 aliphatic rings. The number of allylic oxidation sites excluding steroid dienone is 2. The summed E-state index contributed by atoms with van der Waals surface area (Å²) in [6.07, 6.45) is 10.5. The minimum absolute atomic E-state index is 0.0640. The van der Waals surface area contributed by atoms with E-state index in [0.29, 0.717) is 6.42 Å². The molecule has 25 heavy (non-hydrogen) atoms. The van der Waals surface area contributed by atoms with Crippen LogP contribution in [0.4, 0.5) is 4.39 Å². The fourth-order valence-electron chi connectivity index (χ4n) is 4.59. The van der Waals surface area contributed by atoms with E-state index < -0.39 is 0 Å². The lowest BCUT2D eigenvalue weighted by molar-refractivity contribution is 0.319. The van der Waals surface area contributed by atoms with E-state index in [1.165, 1.54) is 48.8 Å². The molecule has 4 rings (SSSR count). The summed E-state index contributed by atoms with van der Waals surface area (Å²) in [5.41, 5.74) is 6.14. The molecule has 0 heterocycles. The van der Waals surface area contributed by atoms with E-state index >= 15 is 0 Å². The second-order valence-electron chi connectivity index (χ2n) is 7.74. The van der Waals surface area contributed by atoms with Gasteiger partial charge in [-0.3, -0.25) is 0 Å². The van der Waals surface area contributed by atoms with Gasteiger partial charge < -0.3 is 0 Å². The molecule has 0 spiro atoms. The number of benzene rings is 2. The largest absolute Gasteiger partial charge is 0.207 e. The quantitative estimate of drug-likeness (QED) is 0.586. The molecule has 0 unspecified atom stereocenters. The van der Waals surface area contributed by atoms with Gasteiger partial charge in [0.05, 0.1) is 0 Å². The number of fused-ring (bicyclic) bond motifs is 1. The highest BCUT2D eigenvalue weighted by Gasteiger charge is 2.21. The molecule has 2 aromatic carbocycles. The van der Waals surface area contributed by atoms with Crippen LogP contribution in [0.1, 0.15) is 67.2 Å². The van der Waals surface area contributed by atoms with Gasteiger partial charge in [-0.15, -0.1) is 0 Å². The predicted molar refractivity (Wildman–Crippen MR) is 103 cm³/mol. The number of halogens is 1. The van der Waals surface area contributed by atoms with Gasteiger partial charge in [0.1, 0.15) is 5.82 Å². The minimum Gasteiger partial charge on any atom is -0.207 e. The lowest BCUT2D eigenvalue weighted by Gasteiger charge is -2.28. The molecule has 0 aromatic heterocycles. The van der Waals surface area contributed by atoms with E-state index in [-0.39, 0.29) is 5.82 Å². The summed E-state index contributed by atoms with van der Waals surface area (Å²) < 4.78 is 13.9. The van der Waals surface area contributed by atoms with Crippen LogP contribution in [-0.4, -0.2) is 0 Å². The first-order valence-electron chi connectivity index (χ1n) is 9.80. The molecule has 0 amide bonds. The fraction of sp³-hybridized carbons (Fsp3) is 0.417. The number of hydrogen-bond acceptors (Lipinski definition) is 0. The van der Waals surface area contributed by atoms with Crippen LogP contribution >= 0.6 is 0 Å². The van der Waals surface area contributed by atoms with E-state index in [0.717, 1.165) is 29.4 Å². The van der Waals surface area contributed by atoms with Gasteiger partial charge in [0.2, 0.25) is 0 Å². The maximum absolute atomic E-state index is 13.9. The second-order valence-corrected chi connectivity index (χ2v) is 7.74. The molecule has 1 saturated carbocycles. The summed E-state index contributed by atoms with van der Waals surface area (Å²) in [5, 5.41) is 0. The number of hydrogen-bond donors (Lipinski definition) is 0. The normalized spacial score (nSPS) is 23.0. The van der Waals surface area contributed by atoms with Crippen molar-refractivity contribution in [2.45, 2.75) is 57.8 Å². The summed E-state index contributed by atoms with van der Waals surface area (Å²) in [7, 11) is 0. The molecule has 130 valence electrons. The highest BCUT2D eigenvalue weighted by atomic mass is 19.1. The zero-order valence-electron chi connectivity index (χ0n) is 15.1. The summed E-state index contributed by atoms with van der Waals surface area (Å²) in [5.74, 6) is 1.63. The summed E-state index contributed by atoms with van der Waals surface area (Å²) >= 11 is 0. The van der Waals surface area contributed by atoms with Crippen molar-refractivity contribution in [2.24, 2.45) is 5.92 Å². The van der Waals surface area contributed by atoms with Crippen molar-refractivity contribution in [3.63, 3.8) is 0 Å². The Labute approximate surface area is 150 Å².